The van der Waals surface area contributed by atoms with Gasteiger partial charge in [0.05, 0.1) is 5.84 Å². The van der Waals surface area contributed by atoms with Gasteiger partial charge in [0, 0.05) is 51.0 Å². The molecule has 2 heterocycles. The molecule has 2 rings (SSSR count). The summed E-state index contributed by atoms with van der Waals surface area (Å²) >= 11 is 0. The van der Waals surface area contributed by atoms with Crippen LogP contribution in [0.2, 0.25) is 0 Å². The molecule has 1 fully saturated rings. The fourth-order valence-electron chi connectivity index (χ4n) is 2.53. The average molecular weight is 262 g/mol. The predicted molar refractivity (Wildman–Crippen MR) is 76.4 cm³/mol. The zero-order chi connectivity index (χ0) is 13.7. The van der Waals surface area contributed by atoms with Crippen LogP contribution in [0.15, 0.2) is 18.5 Å². The van der Waals surface area contributed by atoms with Crippen molar-refractivity contribution in [2.45, 2.75) is 25.8 Å². The van der Waals surface area contributed by atoms with Crippen LogP contribution in [0, 0.1) is 5.41 Å². The summed E-state index contributed by atoms with van der Waals surface area (Å²) in [4.78, 5) is 13.2. The molecule has 0 bridgehead atoms. The van der Waals surface area contributed by atoms with Crippen molar-refractivity contribution in [3.63, 3.8) is 0 Å². The van der Waals surface area contributed by atoms with Crippen LogP contribution in [0.1, 0.15) is 19.8 Å². The smallest absolute Gasteiger partial charge is 0.225 e. The van der Waals surface area contributed by atoms with Gasteiger partial charge in [0.1, 0.15) is 0 Å². The Bertz CT molecular complexity index is 399. The van der Waals surface area contributed by atoms with Gasteiger partial charge in [-0.15, -0.1) is 0 Å². The molecule has 1 aromatic heterocycles. The molecular formula is C13H22N6. The first-order valence-electron chi connectivity index (χ1n) is 6.79. The minimum absolute atomic E-state index is 0.278. The third-order valence-corrected chi connectivity index (χ3v) is 3.59. The molecule has 6 heteroatoms. The molecule has 1 atom stereocenters. The van der Waals surface area contributed by atoms with Crippen molar-refractivity contribution < 1.29 is 0 Å². The number of rotatable bonds is 5. The lowest BCUT2D eigenvalue weighted by Gasteiger charge is -2.38. The molecule has 0 saturated carbocycles. The van der Waals surface area contributed by atoms with Crippen molar-refractivity contribution in [2.75, 3.05) is 31.1 Å². The van der Waals surface area contributed by atoms with E-state index in [-0.39, 0.29) is 5.84 Å². The second kappa shape index (κ2) is 6.47. The number of anilines is 1. The van der Waals surface area contributed by atoms with Crippen molar-refractivity contribution >= 4 is 11.8 Å². The standard InChI is InChI=1S/C13H22N6/c1-2-11(10-12(14)15)18-6-8-19(9-7-18)13-16-4-3-5-17-13/h3-5,11H,2,6-10H2,1H3,(H3,14,15). The quantitative estimate of drug-likeness (QED) is 0.603. The summed E-state index contributed by atoms with van der Waals surface area (Å²) in [7, 11) is 0. The van der Waals surface area contributed by atoms with Crippen LogP contribution in [0.3, 0.4) is 0 Å². The summed E-state index contributed by atoms with van der Waals surface area (Å²) < 4.78 is 0. The molecule has 1 aliphatic rings. The highest BCUT2D eigenvalue weighted by Gasteiger charge is 2.24. The van der Waals surface area contributed by atoms with Crippen LogP contribution in [0.4, 0.5) is 5.95 Å². The lowest BCUT2D eigenvalue weighted by Crippen LogP contribution is -2.51. The van der Waals surface area contributed by atoms with Crippen LogP contribution in [0.5, 0.6) is 0 Å². The maximum Gasteiger partial charge on any atom is 0.225 e. The Morgan fingerprint density at radius 2 is 1.95 bits per heavy atom. The van der Waals surface area contributed by atoms with Gasteiger partial charge < -0.3 is 10.6 Å². The Balaban J connectivity index is 1.89. The summed E-state index contributed by atoms with van der Waals surface area (Å²) in [5.41, 5.74) is 5.52. The molecule has 0 amide bonds. The van der Waals surface area contributed by atoms with E-state index in [0.29, 0.717) is 12.5 Å². The first-order valence-corrected chi connectivity index (χ1v) is 6.79. The van der Waals surface area contributed by atoms with Gasteiger partial charge in [-0.05, 0) is 12.5 Å². The van der Waals surface area contributed by atoms with Gasteiger partial charge in [0.15, 0.2) is 0 Å². The minimum Gasteiger partial charge on any atom is -0.388 e. The minimum atomic E-state index is 0.278. The summed E-state index contributed by atoms with van der Waals surface area (Å²) in [6.45, 7) is 5.96. The largest absolute Gasteiger partial charge is 0.388 e. The number of hydrogen-bond acceptors (Lipinski definition) is 5. The normalized spacial score (nSPS) is 18.3. The number of hydrogen-bond donors (Lipinski definition) is 2. The molecule has 1 unspecified atom stereocenters. The van der Waals surface area contributed by atoms with E-state index in [4.69, 9.17) is 11.1 Å². The molecule has 1 aliphatic heterocycles. The SMILES string of the molecule is CCC(CC(=N)N)N1CCN(c2ncccn2)CC1. The molecule has 0 spiro atoms. The van der Waals surface area contributed by atoms with Gasteiger partial charge in [-0.3, -0.25) is 10.3 Å². The molecule has 0 aliphatic carbocycles. The highest BCUT2D eigenvalue weighted by molar-refractivity contribution is 5.77. The fraction of sp³-hybridized carbons (Fsp3) is 0.615. The number of amidine groups is 1. The summed E-state index contributed by atoms with van der Waals surface area (Å²) in [6.07, 6.45) is 5.25. The summed E-state index contributed by atoms with van der Waals surface area (Å²) in [5.74, 6) is 1.09. The molecule has 0 radical (unpaired) electrons. The van der Waals surface area contributed by atoms with Crippen molar-refractivity contribution in [1.29, 1.82) is 5.41 Å². The third-order valence-electron chi connectivity index (χ3n) is 3.59. The van der Waals surface area contributed by atoms with E-state index in [1.807, 2.05) is 6.07 Å². The number of nitrogens with one attached hydrogen (secondary N) is 1. The van der Waals surface area contributed by atoms with Crippen molar-refractivity contribution in [1.82, 2.24) is 14.9 Å². The monoisotopic (exact) mass is 262 g/mol. The van der Waals surface area contributed by atoms with Crippen LogP contribution in [-0.2, 0) is 0 Å². The molecule has 6 nitrogen and oxygen atoms in total. The molecule has 104 valence electrons. The Morgan fingerprint density at radius 3 is 2.47 bits per heavy atom. The first kappa shape index (κ1) is 13.7. The molecule has 1 saturated heterocycles. The summed E-state index contributed by atoms with van der Waals surface area (Å²) in [6, 6.07) is 2.22. The fourth-order valence-corrected chi connectivity index (χ4v) is 2.53. The Kier molecular flexibility index (Phi) is 4.68. The van der Waals surface area contributed by atoms with Crippen LogP contribution >= 0.6 is 0 Å². The van der Waals surface area contributed by atoms with Gasteiger partial charge in [0.2, 0.25) is 5.95 Å². The average Bonchev–Trinajstić information content (AvgIpc) is 2.46. The molecular weight excluding hydrogens is 240 g/mol. The van der Waals surface area contributed by atoms with E-state index in [0.717, 1.165) is 38.5 Å². The van der Waals surface area contributed by atoms with Gasteiger partial charge in [-0.25, -0.2) is 9.97 Å². The summed E-state index contributed by atoms with van der Waals surface area (Å²) in [5, 5.41) is 7.44. The second-order valence-corrected chi connectivity index (χ2v) is 4.86. The van der Waals surface area contributed by atoms with Gasteiger partial charge in [0.25, 0.3) is 0 Å². The lowest BCUT2D eigenvalue weighted by atomic mass is 10.1. The number of piperazine rings is 1. The van der Waals surface area contributed by atoms with Crippen LogP contribution in [-0.4, -0.2) is 52.9 Å². The maximum atomic E-state index is 7.44. The molecule has 19 heavy (non-hydrogen) atoms. The van der Waals surface area contributed by atoms with E-state index in [1.54, 1.807) is 12.4 Å². The van der Waals surface area contributed by atoms with Crippen LogP contribution in [0.25, 0.3) is 0 Å². The Morgan fingerprint density at radius 1 is 1.32 bits per heavy atom. The lowest BCUT2D eigenvalue weighted by molar-refractivity contribution is 0.183. The van der Waals surface area contributed by atoms with E-state index >= 15 is 0 Å². The highest BCUT2D eigenvalue weighted by Crippen LogP contribution is 2.15. The first-order chi connectivity index (χ1) is 9.20. The predicted octanol–water partition coefficient (Wildman–Crippen LogP) is 0.703. The second-order valence-electron chi connectivity index (χ2n) is 4.86. The topological polar surface area (TPSA) is 82.1 Å². The van der Waals surface area contributed by atoms with E-state index in [2.05, 4.69) is 26.7 Å². The molecule has 0 aromatic carbocycles. The highest BCUT2D eigenvalue weighted by atomic mass is 15.3. The third kappa shape index (κ3) is 3.64. The van der Waals surface area contributed by atoms with E-state index in [9.17, 15) is 0 Å². The van der Waals surface area contributed by atoms with Crippen molar-refractivity contribution in [3.8, 4) is 0 Å². The van der Waals surface area contributed by atoms with Crippen molar-refractivity contribution in [2.24, 2.45) is 5.73 Å². The number of nitrogens with two attached hydrogens (primary N) is 1. The molecule has 1 aromatic rings. The molecule has 3 N–H and O–H groups in total. The van der Waals surface area contributed by atoms with E-state index in [1.165, 1.54) is 0 Å². The van der Waals surface area contributed by atoms with Gasteiger partial charge >= 0.3 is 0 Å². The Labute approximate surface area is 114 Å². The zero-order valence-corrected chi connectivity index (χ0v) is 11.4. The maximum absolute atomic E-state index is 7.44. The number of aromatic nitrogens is 2. The van der Waals surface area contributed by atoms with Gasteiger partial charge in [-0.2, -0.15) is 0 Å². The van der Waals surface area contributed by atoms with Crippen molar-refractivity contribution in [3.05, 3.63) is 18.5 Å². The van der Waals surface area contributed by atoms with Gasteiger partial charge in [-0.1, -0.05) is 6.92 Å². The van der Waals surface area contributed by atoms with Crippen LogP contribution < -0.4 is 10.6 Å². The zero-order valence-electron chi connectivity index (χ0n) is 11.4. The number of nitrogens with zero attached hydrogens (tertiary/aromatic N) is 4. The Hall–Kier alpha value is -1.69. The van der Waals surface area contributed by atoms with E-state index < -0.39 is 0 Å².